The van der Waals surface area contributed by atoms with Crippen LogP contribution in [0.5, 0.6) is 23.0 Å². The molecule has 1 saturated heterocycles. The molecular formula is C93H104N4O18. The Morgan fingerprint density at radius 1 is 0.383 bits per heavy atom. The molecule has 5 fully saturated rings. The van der Waals surface area contributed by atoms with Crippen molar-refractivity contribution < 1.29 is 86.3 Å². The summed E-state index contributed by atoms with van der Waals surface area (Å²) >= 11 is 0. The van der Waals surface area contributed by atoms with Crippen LogP contribution in [0.2, 0.25) is 0 Å². The molecular weight excluding hydrogens is 1460 g/mol. The number of carbonyl (C=O) groups is 11. The highest BCUT2D eigenvalue weighted by Gasteiger charge is 2.43. The smallest absolute Gasteiger partial charge is 0.255 e. The Balaban J connectivity index is 0.000000140. The van der Waals surface area contributed by atoms with E-state index >= 15 is 0 Å². The molecule has 9 aliphatic rings. The molecule has 0 bridgehead atoms. The number of ketones is 5. The van der Waals surface area contributed by atoms with Gasteiger partial charge in [-0.3, -0.25) is 52.7 Å². The fourth-order valence-electron chi connectivity index (χ4n) is 16.4. The third-order valence-corrected chi connectivity index (χ3v) is 22.7. The number of aldehydes is 2. The standard InChI is InChI=1S/C27H33NO5.C23H21NO5.C23H23NO4.C15H17NO3.C5H10O/c1-3-31-27(32-4-2)20-15-13-19(14-16-20)18-33-25-12-8-9-21-22(25)17-28(26(21)30)23-10-6-5-7-11-24(23)29;25-13-15-7-9-16(10-8-15)14-29-22-6-2-4-18-19(22)12-24(23(18)28)20-5-1-3-17(26)11-21(20)27;25-14-16-9-11-17(12-10-16)15-28-22-8-4-5-18-19(22)13-24(23(18)27)20-6-2-1-3-7-21(20)26;17-13-8-4-5-10-11(13)9-16(15(10)19)12-6-2-1-3-7-14(12)18;1-2-4-6-5-3-1/h8-9,12-16,23,27H,3-7,10-11,17-18H2,1-2H3;2,4,6-10,13,20H,1,3,5,11-12,14H2;4-5,8-12,14,20H,1-3,6-7,13,15H2;4-5,8,12,17H,1-3,6-7,9H2;1-5H2/t23-;2*20-;12-;/m0000./s1. The van der Waals surface area contributed by atoms with Gasteiger partial charge in [-0.15, -0.1) is 0 Å². The second-order valence-electron chi connectivity index (χ2n) is 30.5. The van der Waals surface area contributed by atoms with Crippen molar-refractivity contribution in [3.63, 3.8) is 0 Å². The van der Waals surface area contributed by atoms with Gasteiger partial charge in [-0.1, -0.05) is 136 Å². The van der Waals surface area contributed by atoms with Crippen LogP contribution in [0.25, 0.3) is 0 Å². The molecule has 0 unspecified atom stereocenters. The highest BCUT2D eigenvalue weighted by Crippen LogP contribution is 2.40. The summed E-state index contributed by atoms with van der Waals surface area (Å²) in [4.78, 5) is 141. The minimum Gasteiger partial charge on any atom is -0.508 e. The first-order chi connectivity index (χ1) is 56.0. The molecule has 4 aliphatic carbocycles. The molecule has 0 spiro atoms. The Kier molecular flexibility index (Phi) is 29.8. The molecule has 4 atom stereocenters. The zero-order valence-corrected chi connectivity index (χ0v) is 65.9. The zero-order chi connectivity index (χ0) is 80.7. The van der Waals surface area contributed by atoms with Crippen molar-refractivity contribution >= 4 is 65.1 Å². The van der Waals surface area contributed by atoms with Crippen LogP contribution < -0.4 is 14.2 Å². The first-order valence-corrected chi connectivity index (χ1v) is 40.9. The molecule has 16 rings (SSSR count). The van der Waals surface area contributed by atoms with Gasteiger partial charge in [0.2, 0.25) is 0 Å². The number of Topliss-reactive ketones (excluding diaryl/α,β-unsaturated/α-hetero) is 5. The fraction of sp³-hybridized carbons (Fsp3) is 0.430. The van der Waals surface area contributed by atoms with E-state index in [1.807, 2.05) is 105 Å². The number of phenols is 1. The lowest BCUT2D eigenvalue weighted by atomic mass is 10.1. The maximum Gasteiger partial charge on any atom is 0.255 e. The summed E-state index contributed by atoms with van der Waals surface area (Å²) in [5.41, 5.74) is 10.6. The molecule has 1 N–H and O–H groups in total. The third-order valence-electron chi connectivity index (χ3n) is 22.7. The number of phenolic OH excluding ortho intramolecular Hbond substituents is 1. The molecule has 5 heterocycles. The van der Waals surface area contributed by atoms with Crippen LogP contribution in [-0.2, 0) is 84.2 Å². The number of carbonyl (C=O) groups excluding carboxylic acids is 11. The van der Waals surface area contributed by atoms with Gasteiger partial charge < -0.3 is 53.1 Å². The molecule has 7 aromatic carbocycles. The van der Waals surface area contributed by atoms with Gasteiger partial charge in [-0.2, -0.15) is 0 Å². The molecule has 4 amide bonds. The van der Waals surface area contributed by atoms with Crippen molar-refractivity contribution in [3.05, 3.63) is 223 Å². The van der Waals surface area contributed by atoms with Crippen LogP contribution in [-0.4, -0.2) is 140 Å². The van der Waals surface area contributed by atoms with Crippen LogP contribution in [0, 0.1) is 0 Å². The van der Waals surface area contributed by atoms with Crippen LogP contribution >= 0.6 is 0 Å². The number of ether oxygens (including phenoxy) is 6. The Labute approximate surface area is 672 Å². The summed E-state index contributed by atoms with van der Waals surface area (Å²) in [6.07, 6.45) is 19.4. The van der Waals surface area contributed by atoms with Crippen LogP contribution in [0.4, 0.5) is 0 Å². The molecule has 7 aromatic rings. The maximum absolute atomic E-state index is 13.1. The third kappa shape index (κ3) is 21.0. The van der Waals surface area contributed by atoms with Crippen LogP contribution in [0.15, 0.2) is 146 Å². The van der Waals surface area contributed by atoms with E-state index < -0.39 is 6.04 Å². The highest BCUT2D eigenvalue weighted by molar-refractivity contribution is 6.07. The second kappa shape index (κ2) is 41.0. The van der Waals surface area contributed by atoms with Gasteiger partial charge in [0.1, 0.15) is 61.2 Å². The SMILES string of the molecule is C1CCOCC1.CCOC(OCC)c1ccc(COc2cccc3c2CN([C@H]2CCCCCC2=O)C3=O)cc1.O=C1CCCCC[C@@H]1N1Cc2c(O)cccc2C1=O.O=Cc1ccc(COc2cccc3c2CN([C@H]2CCCC(=O)CC2=O)C3=O)cc1.O=Cc1ccc(COc2cccc3c2CN([C@H]2CCCCCC2=O)C3=O)cc1. The van der Waals surface area contributed by atoms with E-state index in [4.69, 9.17) is 28.4 Å². The summed E-state index contributed by atoms with van der Waals surface area (Å²) in [5.74, 6) is 2.00. The van der Waals surface area contributed by atoms with Gasteiger partial charge in [-0.05, 0) is 150 Å². The van der Waals surface area contributed by atoms with Gasteiger partial charge in [0, 0.05) is 113 Å². The molecule has 4 saturated carbocycles. The van der Waals surface area contributed by atoms with Crippen molar-refractivity contribution in [2.24, 2.45) is 0 Å². The Hall–Kier alpha value is -10.8. The predicted octanol–water partition coefficient (Wildman–Crippen LogP) is 15.7. The number of benzene rings is 7. The number of hydrogen-bond donors (Lipinski definition) is 1. The van der Waals surface area contributed by atoms with Crippen LogP contribution in [0.1, 0.15) is 268 Å². The lowest BCUT2D eigenvalue weighted by Gasteiger charge is -2.25. The average molecular weight is 1570 g/mol. The summed E-state index contributed by atoms with van der Waals surface area (Å²) in [6.45, 7) is 9.63. The number of aromatic hydroxyl groups is 1. The van der Waals surface area contributed by atoms with E-state index in [9.17, 15) is 57.8 Å². The topological polar surface area (TPSA) is 276 Å². The number of hydrogen-bond acceptors (Lipinski definition) is 18. The van der Waals surface area contributed by atoms with Crippen molar-refractivity contribution in [2.75, 3.05) is 26.4 Å². The van der Waals surface area contributed by atoms with Crippen molar-refractivity contribution in [2.45, 2.75) is 232 Å². The number of rotatable bonds is 20. The lowest BCUT2D eigenvalue weighted by Crippen LogP contribution is -2.41. The average Bonchev–Trinajstić information content (AvgIpc) is 1.65. The second-order valence-corrected chi connectivity index (χ2v) is 30.5. The highest BCUT2D eigenvalue weighted by atomic mass is 16.7. The van der Waals surface area contributed by atoms with Crippen LogP contribution in [0.3, 0.4) is 0 Å². The Bertz CT molecular complexity index is 4610. The molecule has 22 heteroatoms. The summed E-state index contributed by atoms with van der Waals surface area (Å²) in [5, 5.41) is 9.82. The molecule has 0 aromatic heterocycles. The van der Waals surface area contributed by atoms with Gasteiger partial charge >= 0.3 is 0 Å². The molecule has 5 aliphatic heterocycles. The first-order valence-electron chi connectivity index (χ1n) is 40.9. The molecule has 604 valence electrons. The van der Waals surface area contributed by atoms with Gasteiger partial charge in [0.05, 0.1) is 56.8 Å². The normalized spacial score (nSPS) is 19.9. The lowest BCUT2D eigenvalue weighted by molar-refractivity contribution is -0.140. The zero-order valence-electron chi connectivity index (χ0n) is 65.9. The summed E-state index contributed by atoms with van der Waals surface area (Å²) < 4.78 is 34.5. The largest absolute Gasteiger partial charge is 0.508 e. The minimum absolute atomic E-state index is 0.0497. The minimum atomic E-state index is -0.551. The fourth-order valence-corrected chi connectivity index (χ4v) is 16.4. The number of fused-ring (bicyclic) bond motifs is 4. The van der Waals surface area contributed by atoms with E-state index in [0.29, 0.717) is 154 Å². The molecule has 0 radical (unpaired) electrons. The van der Waals surface area contributed by atoms with E-state index in [1.165, 1.54) is 19.3 Å². The van der Waals surface area contributed by atoms with E-state index in [-0.39, 0.29) is 89.1 Å². The van der Waals surface area contributed by atoms with Gasteiger partial charge in [0.25, 0.3) is 23.6 Å². The van der Waals surface area contributed by atoms with Gasteiger partial charge in [0.15, 0.2) is 29.4 Å². The summed E-state index contributed by atoms with van der Waals surface area (Å²) in [7, 11) is 0. The first kappa shape index (κ1) is 83.6. The van der Waals surface area contributed by atoms with Crippen molar-refractivity contribution in [3.8, 4) is 23.0 Å². The monoisotopic (exact) mass is 1560 g/mol. The quantitative estimate of drug-likeness (QED) is 0.0321. The number of nitrogens with zero attached hydrogens (tertiary/aromatic N) is 4. The Morgan fingerprint density at radius 2 is 0.722 bits per heavy atom. The Morgan fingerprint density at radius 3 is 1.07 bits per heavy atom. The van der Waals surface area contributed by atoms with E-state index in [0.717, 1.165) is 142 Å². The number of amides is 4. The van der Waals surface area contributed by atoms with E-state index in [1.54, 1.807) is 74.2 Å². The summed E-state index contributed by atoms with van der Waals surface area (Å²) in [6, 6.07) is 42.2. The predicted molar refractivity (Wildman–Crippen MR) is 429 cm³/mol. The molecule has 115 heavy (non-hydrogen) atoms. The van der Waals surface area contributed by atoms with E-state index in [2.05, 4.69) is 0 Å². The molecule has 22 nitrogen and oxygen atoms in total. The van der Waals surface area contributed by atoms with Gasteiger partial charge in [-0.25, -0.2) is 0 Å². The van der Waals surface area contributed by atoms with Crippen molar-refractivity contribution in [1.82, 2.24) is 19.6 Å². The van der Waals surface area contributed by atoms with Crippen molar-refractivity contribution in [1.29, 1.82) is 0 Å². The maximum atomic E-state index is 13.1.